The van der Waals surface area contributed by atoms with Crippen LogP contribution in [0, 0.1) is 12.3 Å². The van der Waals surface area contributed by atoms with Gasteiger partial charge in [0.15, 0.2) is 5.16 Å². The normalized spacial score (nSPS) is 23.9. The third-order valence-electron chi connectivity index (χ3n) is 4.42. The second kappa shape index (κ2) is 4.81. The number of rotatable bonds is 3. The highest BCUT2D eigenvalue weighted by Crippen LogP contribution is 2.70. The van der Waals surface area contributed by atoms with Crippen molar-refractivity contribution in [2.75, 3.05) is 6.26 Å². The molecule has 1 heterocycles. The van der Waals surface area contributed by atoms with E-state index in [0.29, 0.717) is 11.8 Å². The fraction of sp³-hybridized carbons (Fsp3) is 0.438. The monoisotopic (exact) mass is 306 g/mol. The second-order valence-electron chi connectivity index (χ2n) is 6.09. The minimum absolute atomic E-state index is 0.236. The molecule has 0 saturated heterocycles. The van der Waals surface area contributed by atoms with Gasteiger partial charge in [-0.3, -0.25) is 0 Å². The SMILES string of the molecule is CSc1nc([C@@H]2[C@@H](c3cccc(Cl)c3)C2(C)C)c(C)[nH]1. The average molecular weight is 307 g/mol. The predicted octanol–water partition coefficient (Wildman–Crippen LogP) is 5.00. The van der Waals surface area contributed by atoms with Gasteiger partial charge in [-0.15, -0.1) is 0 Å². The Balaban J connectivity index is 1.97. The first-order valence-electron chi connectivity index (χ1n) is 6.81. The van der Waals surface area contributed by atoms with Crippen molar-refractivity contribution in [3.63, 3.8) is 0 Å². The number of halogens is 1. The topological polar surface area (TPSA) is 28.7 Å². The van der Waals surface area contributed by atoms with Crippen LogP contribution in [-0.4, -0.2) is 16.2 Å². The van der Waals surface area contributed by atoms with Crippen LogP contribution in [0.5, 0.6) is 0 Å². The number of aryl methyl sites for hydroxylation is 1. The minimum Gasteiger partial charge on any atom is -0.337 e. The number of aromatic amines is 1. The number of H-pyrrole nitrogens is 1. The smallest absolute Gasteiger partial charge is 0.165 e. The van der Waals surface area contributed by atoms with Crippen LogP contribution in [-0.2, 0) is 0 Å². The van der Waals surface area contributed by atoms with Crippen LogP contribution in [0.1, 0.15) is 42.6 Å². The molecule has 1 N–H and O–H groups in total. The van der Waals surface area contributed by atoms with Gasteiger partial charge < -0.3 is 4.98 Å². The Hall–Kier alpha value is -0.930. The lowest BCUT2D eigenvalue weighted by molar-refractivity contribution is 0.597. The van der Waals surface area contributed by atoms with Gasteiger partial charge >= 0.3 is 0 Å². The molecule has 2 aromatic rings. The summed E-state index contributed by atoms with van der Waals surface area (Å²) < 4.78 is 0. The summed E-state index contributed by atoms with van der Waals surface area (Å²) in [5.41, 5.74) is 3.96. The summed E-state index contributed by atoms with van der Waals surface area (Å²) in [6.45, 7) is 6.75. The van der Waals surface area contributed by atoms with E-state index in [9.17, 15) is 0 Å². The molecule has 20 heavy (non-hydrogen) atoms. The van der Waals surface area contributed by atoms with Crippen LogP contribution >= 0.6 is 23.4 Å². The summed E-state index contributed by atoms with van der Waals surface area (Å²) in [5.74, 6) is 0.969. The van der Waals surface area contributed by atoms with E-state index in [4.69, 9.17) is 16.6 Å². The Bertz CT molecular complexity index is 648. The van der Waals surface area contributed by atoms with Gasteiger partial charge in [-0.05, 0) is 42.2 Å². The Kier molecular flexibility index (Phi) is 3.38. The molecule has 1 aliphatic rings. The van der Waals surface area contributed by atoms with Crippen LogP contribution in [0.25, 0.3) is 0 Å². The molecule has 2 atom stereocenters. The summed E-state index contributed by atoms with van der Waals surface area (Å²) in [6.07, 6.45) is 2.05. The van der Waals surface area contributed by atoms with Crippen LogP contribution < -0.4 is 0 Å². The minimum atomic E-state index is 0.236. The Morgan fingerprint density at radius 2 is 2.05 bits per heavy atom. The van der Waals surface area contributed by atoms with Gasteiger partial charge in [-0.25, -0.2) is 4.98 Å². The maximum atomic E-state index is 6.14. The lowest BCUT2D eigenvalue weighted by Gasteiger charge is -2.02. The third-order valence-corrected chi connectivity index (χ3v) is 5.24. The summed E-state index contributed by atoms with van der Waals surface area (Å²) >= 11 is 7.80. The second-order valence-corrected chi connectivity index (χ2v) is 7.32. The molecule has 0 amide bonds. The van der Waals surface area contributed by atoms with Crippen LogP contribution in [0.2, 0.25) is 5.02 Å². The number of thioether (sulfide) groups is 1. The Morgan fingerprint density at radius 1 is 1.30 bits per heavy atom. The summed E-state index contributed by atoms with van der Waals surface area (Å²) in [5, 5.41) is 1.82. The molecule has 0 spiro atoms. The van der Waals surface area contributed by atoms with E-state index in [1.165, 1.54) is 17.0 Å². The van der Waals surface area contributed by atoms with Crippen LogP contribution in [0.15, 0.2) is 29.4 Å². The van der Waals surface area contributed by atoms with Crippen molar-refractivity contribution < 1.29 is 0 Å². The number of hydrogen-bond acceptors (Lipinski definition) is 2. The van der Waals surface area contributed by atoms with Gasteiger partial charge in [0.05, 0.1) is 5.69 Å². The molecule has 106 valence electrons. The summed E-state index contributed by atoms with van der Waals surface area (Å²) in [6, 6.07) is 8.23. The lowest BCUT2D eigenvalue weighted by atomic mass is 10.0. The standard InChI is InChI=1S/C16H19ClN2S/c1-9-14(19-15(18-9)20-4)13-12(16(13,2)3)10-6-5-7-11(17)8-10/h5-8,12-13H,1-4H3,(H,18,19)/t12-,13+/m1/s1. The molecule has 1 saturated carbocycles. The fourth-order valence-electron chi connectivity index (χ4n) is 3.32. The highest BCUT2D eigenvalue weighted by atomic mass is 35.5. The highest BCUT2D eigenvalue weighted by Gasteiger charge is 2.60. The third kappa shape index (κ3) is 2.17. The molecule has 4 heteroatoms. The zero-order valence-corrected chi connectivity index (χ0v) is 13.8. The van der Waals surface area contributed by atoms with E-state index in [1.807, 2.05) is 12.1 Å². The molecule has 0 unspecified atom stereocenters. The number of benzene rings is 1. The first-order chi connectivity index (χ1) is 9.45. The summed E-state index contributed by atoms with van der Waals surface area (Å²) in [7, 11) is 0. The van der Waals surface area contributed by atoms with Crippen LogP contribution in [0.4, 0.5) is 0 Å². The first-order valence-corrected chi connectivity index (χ1v) is 8.41. The largest absolute Gasteiger partial charge is 0.337 e. The molecular formula is C16H19ClN2S. The molecular weight excluding hydrogens is 288 g/mol. The van der Waals surface area contributed by atoms with Gasteiger partial charge in [0, 0.05) is 16.6 Å². The van der Waals surface area contributed by atoms with E-state index < -0.39 is 0 Å². The van der Waals surface area contributed by atoms with Crippen molar-refractivity contribution in [1.82, 2.24) is 9.97 Å². The zero-order valence-electron chi connectivity index (χ0n) is 12.2. The summed E-state index contributed by atoms with van der Waals surface area (Å²) in [4.78, 5) is 8.12. The number of nitrogens with zero attached hydrogens (tertiary/aromatic N) is 1. The average Bonchev–Trinajstić information content (AvgIpc) is 2.76. The molecule has 2 nitrogen and oxygen atoms in total. The fourth-order valence-corrected chi connectivity index (χ4v) is 3.96. The molecule has 1 aliphatic carbocycles. The highest BCUT2D eigenvalue weighted by molar-refractivity contribution is 7.98. The van der Waals surface area contributed by atoms with Gasteiger partial charge in [-0.2, -0.15) is 0 Å². The molecule has 3 rings (SSSR count). The van der Waals surface area contributed by atoms with Crippen molar-refractivity contribution in [3.8, 4) is 0 Å². The van der Waals surface area contributed by atoms with Crippen LogP contribution in [0.3, 0.4) is 0 Å². The molecule has 0 aliphatic heterocycles. The van der Waals surface area contributed by atoms with Gasteiger partial charge in [0.2, 0.25) is 0 Å². The molecule has 0 radical (unpaired) electrons. The first kappa shape index (κ1) is 14.0. The molecule has 1 aromatic heterocycles. The van der Waals surface area contributed by atoms with E-state index in [-0.39, 0.29) is 5.41 Å². The van der Waals surface area contributed by atoms with Crippen molar-refractivity contribution in [2.24, 2.45) is 5.41 Å². The molecule has 0 bridgehead atoms. The maximum absolute atomic E-state index is 6.14. The van der Waals surface area contributed by atoms with Crippen molar-refractivity contribution in [1.29, 1.82) is 0 Å². The van der Waals surface area contributed by atoms with Gasteiger partial charge in [0.1, 0.15) is 0 Å². The zero-order chi connectivity index (χ0) is 14.5. The van der Waals surface area contributed by atoms with Crippen molar-refractivity contribution in [2.45, 2.75) is 37.8 Å². The number of aromatic nitrogens is 2. The van der Waals surface area contributed by atoms with Crippen molar-refractivity contribution >= 4 is 23.4 Å². The van der Waals surface area contributed by atoms with E-state index in [0.717, 1.165) is 10.2 Å². The Labute approximate surface area is 129 Å². The number of imidazole rings is 1. The van der Waals surface area contributed by atoms with Gasteiger partial charge in [-0.1, -0.05) is 49.3 Å². The lowest BCUT2D eigenvalue weighted by Crippen LogP contribution is -1.92. The molecule has 1 fully saturated rings. The van der Waals surface area contributed by atoms with E-state index in [1.54, 1.807) is 11.8 Å². The van der Waals surface area contributed by atoms with E-state index in [2.05, 4.69) is 44.1 Å². The quantitative estimate of drug-likeness (QED) is 0.808. The number of nitrogens with one attached hydrogen (secondary N) is 1. The van der Waals surface area contributed by atoms with Gasteiger partial charge in [0.25, 0.3) is 0 Å². The molecule has 1 aromatic carbocycles. The Morgan fingerprint density at radius 3 is 2.65 bits per heavy atom. The predicted molar refractivity (Wildman–Crippen MR) is 85.8 cm³/mol. The maximum Gasteiger partial charge on any atom is 0.165 e. The van der Waals surface area contributed by atoms with Crippen molar-refractivity contribution in [3.05, 3.63) is 46.2 Å². The van der Waals surface area contributed by atoms with E-state index >= 15 is 0 Å². The number of hydrogen-bond donors (Lipinski definition) is 1.